The molecule has 20 heavy (non-hydrogen) atoms. The van der Waals surface area contributed by atoms with E-state index in [1.807, 2.05) is 6.92 Å². The second-order valence-corrected chi connectivity index (χ2v) is 10.8. The Balaban J connectivity index is 1.76. The van der Waals surface area contributed by atoms with E-state index < -0.39 is 25.1 Å². The van der Waals surface area contributed by atoms with Gasteiger partial charge in [-0.1, -0.05) is 0 Å². The van der Waals surface area contributed by atoms with Crippen LogP contribution in [0.25, 0.3) is 0 Å². The second-order valence-electron chi connectivity index (χ2n) is 6.29. The zero-order chi connectivity index (χ0) is 14.5. The van der Waals surface area contributed by atoms with E-state index in [2.05, 4.69) is 5.32 Å². The van der Waals surface area contributed by atoms with Gasteiger partial charge in [-0.25, -0.2) is 16.8 Å². The van der Waals surface area contributed by atoms with Gasteiger partial charge in [-0.05, 0) is 44.7 Å². The first-order chi connectivity index (χ1) is 9.31. The molecule has 0 aromatic carbocycles. The van der Waals surface area contributed by atoms with Crippen LogP contribution in [-0.2, 0) is 19.9 Å². The zero-order valence-electron chi connectivity index (χ0n) is 11.7. The van der Waals surface area contributed by atoms with E-state index >= 15 is 0 Å². The van der Waals surface area contributed by atoms with Gasteiger partial charge in [0.1, 0.15) is 9.84 Å². The average molecular weight is 322 g/mol. The van der Waals surface area contributed by atoms with Gasteiger partial charge >= 0.3 is 0 Å². The standard InChI is InChI=1S/C12H22N2O4S2/c1-9-12-7-13-6-10(12)8-14(9)20(17,18)11-2-4-19(15,16)5-3-11/h9-13H,2-8H2,1H3. The van der Waals surface area contributed by atoms with Gasteiger partial charge in [0, 0.05) is 12.6 Å². The van der Waals surface area contributed by atoms with Crippen molar-refractivity contribution < 1.29 is 16.8 Å². The van der Waals surface area contributed by atoms with Crippen molar-refractivity contribution in [2.75, 3.05) is 31.1 Å². The molecule has 3 atom stereocenters. The maximum absolute atomic E-state index is 12.8. The summed E-state index contributed by atoms with van der Waals surface area (Å²) in [5.41, 5.74) is 0. The third kappa shape index (κ3) is 2.40. The van der Waals surface area contributed by atoms with Gasteiger partial charge < -0.3 is 5.32 Å². The van der Waals surface area contributed by atoms with Crippen LogP contribution in [0.15, 0.2) is 0 Å². The van der Waals surface area contributed by atoms with Crippen molar-refractivity contribution in [2.24, 2.45) is 11.8 Å². The molecular weight excluding hydrogens is 300 g/mol. The highest BCUT2D eigenvalue weighted by Crippen LogP contribution is 2.36. The fourth-order valence-corrected chi connectivity index (χ4v) is 7.85. The highest BCUT2D eigenvalue weighted by atomic mass is 32.2. The van der Waals surface area contributed by atoms with Gasteiger partial charge in [-0.2, -0.15) is 4.31 Å². The first-order valence-corrected chi connectivity index (χ1v) is 10.6. The van der Waals surface area contributed by atoms with Crippen LogP contribution in [0.3, 0.4) is 0 Å². The van der Waals surface area contributed by atoms with Crippen LogP contribution < -0.4 is 5.32 Å². The molecule has 1 N–H and O–H groups in total. The molecule has 0 amide bonds. The quantitative estimate of drug-likeness (QED) is 0.736. The van der Waals surface area contributed by atoms with Crippen molar-refractivity contribution in [3.05, 3.63) is 0 Å². The fourth-order valence-electron chi connectivity index (χ4n) is 3.82. The minimum absolute atomic E-state index is 0.00747. The number of nitrogens with one attached hydrogen (secondary N) is 1. The lowest BCUT2D eigenvalue weighted by molar-refractivity contribution is 0.354. The topological polar surface area (TPSA) is 83.6 Å². The molecule has 0 bridgehead atoms. The van der Waals surface area contributed by atoms with Crippen LogP contribution in [0.5, 0.6) is 0 Å². The summed E-state index contributed by atoms with van der Waals surface area (Å²) in [5.74, 6) is 0.824. The predicted octanol–water partition coefficient (Wildman–Crippen LogP) is -0.567. The first-order valence-electron chi connectivity index (χ1n) is 7.23. The van der Waals surface area contributed by atoms with E-state index in [1.165, 1.54) is 0 Å². The monoisotopic (exact) mass is 322 g/mol. The Labute approximate surface area is 120 Å². The molecule has 3 fully saturated rings. The lowest BCUT2D eigenvalue weighted by Crippen LogP contribution is -2.45. The number of sulfone groups is 1. The van der Waals surface area contributed by atoms with E-state index in [0.717, 1.165) is 13.1 Å². The van der Waals surface area contributed by atoms with Crippen LogP contribution in [-0.4, -0.2) is 63.6 Å². The average Bonchev–Trinajstić information content (AvgIpc) is 2.92. The Kier molecular flexibility index (Phi) is 3.63. The van der Waals surface area contributed by atoms with Gasteiger partial charge in [0.25, 0.3) is 0 Å². The Morgan fingerprint density at radius 1 is 1.15 bits per heavy atom. The van der Waals surface area contributed by atoms with Crippen molar-refractivity contribution in [1.29, 1.82) is 0 Å². The van der Waals surface area contributed by atoms with Gasteiger partial charge in [0.2, 0.25) is 10.0 Å². The summed E-state index contributed by atoms with van der Waals surface area (Å²) < 4.78 is 50.1. The highest BCUT2D eigenvalue weighted by molar-refractivity contribution is 7.92. The number of hydrogen-bond donors (Lipinski definition) is 1. The fraction of sp³-hybridized carbons (Fsp3) is 1.00. The van der Waals surface area contributed by atoms with Crippen LogP contribution in [0.1, 0.15) is 19.8 Å². The maximum atomic E-state index is 12.8. The van der Waals surface area contributed by atoms with Crippen molar-refractivity contribution in [1.82, 2.24) is 9.62 Å². The molecule has 3 aliphatic rings. The minimum Gasteiger partial charge on any atom is -0.316 e. The Morgan fingerprint density at radius 3 is 2.40 bits per heavy atom. The molecule has 0 spiro atoms. The molecule has 0 radical (unpaired) electrons. The molecule has 0 aromatic rings. The van der Waals surface area contributed by atoms with Crippen molar-refractivity contribution in [2.45, 2.75) is 31.1 Å². The number of fused-ring (bicyclic) bond motifs is 1. The van der Waals surface area contributed by atoms with Crippen molar-refractivity contribution in [3.63, 3.8) is 0 Å². The molecule has 116 valence electrons. The molecule has 3 saturated heterocycles. The molecule has 3 unspecified atom stereocenters. The molecule has 8 heteroatoms. The lowest BCUT2D eigenvalue weighted by Gasteiger charge is -2.30. The van der Waals surface area contributed by atoms with Crippen molar-refractivity contribution >= 4 is 19.9 Å². The lowest BCUT2D eigenvalue weighted by atomic mass is 9.95. The summed E-state index contributed by atoms with van der Waals surface area (Å²) in [7, 11) is -6.38. The van der Waals surface area contributed by atoms with Crippen LogP contribution in [0.4, 0.5) is 0 Å². The van der Waals surface area contributed by atoms with Gasteiger partial charge in [-0.3, -0.25) is 0 Å². The third-order valence-electron chi connectivity index (χ3n) is 5.13. The van der Waals surface area contributed by atoms with Crippen molar-refractivity contribution in [3.8, 4) is 0 Å². The van der Waals surface area contributed by atoms with E-state index in [-0.39, 0.29) is 30.4 Å². The van der Waals surface area contributed by atoms with Crippen LogP contribution >= 0.6 is 0 Å². The van der Waals surface area contributed by atoms with E-state index in [1.54, 1.807) is 4.31 Å². The molecule has 3 aliphatic heterocycles. The second kappa shape index (κ2) is 4.93. The van der Waals surface area contributed by atoms with E-state index in [4.69, 9.17) is 0 Å². The number of rotatable bonds is 2. The highest BCUT2D eigenvalue weighted by Gasteiger charge is 2.49. The largest absolute Gasteiger partial charge is 0.316 e. The smallest absolute Gasteiger partial charge is 0.217 e. The maximum Gasteiger partial charge on any atom is 0.217 e. The van der Waals surface area contributed by atoms with Crippen LogP contribution in [0, 0.1) is 11.8 Å². The van der Waals surface area contributed by atoms with Gasteiger partial charge in [0.05, 0.1) is 16.8 Å². The van der Waals surface area contributed by atoms with Crippen LogP contribution in [0.2, 0.25) is 0 Å². The van der Waals surface area contributed by atoms with E-state index in [9.17, 15) is 16.8 Å². The Bertz CT molecular complexity index is 573. The summed E-state index contributed by atoms with van der Waals surface area (Å²) >= 11 is 0. The molecule has 0 aliphatic carbocycles. The van der Waals surface area contributed by atoms with Gasteiger partial charge in [0.15, 0.2) is 0 Å². The molecule has 0 saturated carbocycles. The zero-order valence-corrected chi connectivity index (χ0v) is 13.3. The summed E-state index contributed by atoms with van der Waals surface area (Å²) in [6.07, 6.45) is 0.503. The SMILES string of the molecule is CC1C2CNCC2CN1S(=O)(=O)C1CCS(=O)(=O)CC1. The number of hydrogen-bond acceptors (Lipinski definition) is 5. The molecule has 0 aromatic heterocycles. The molecule has 3 heterocycles. The normalized spacial score (nSPS) is 39.0. The number of sulfonamides is 1. The molecular formula is C12H22N2O4S2. The number of nitrogens with zero attached hydrogens (tertiary/aromatic N) is 1. The van der Waals surface area contributed by atoms with Gasteiger partial charge in [-0.15, -0.1) is 0 Å². The minimum atomic E-state index is -3.36. The summed E-state index contributed by atoms with van der Waals surface area (Å²) in [6.45, 7) is 4.34. The molecule has 3 rings (SSSR count). The summed E-state index contributed by atoms with van der Waals surface area (Å²) in [4.78, 5) is 0. The first kappa shape index (κ1) is 14.7. The van der Waals surface area contributed by atoms with E-state index in [0.29, 0.717) is 18.4 Å². The predicted molar refractivity (Wildman–Crippen MR) is 76.6 cm³/mol. The Hall–Kier alpha value is -0.180. The summed E-state index contributed by atoms with van der Waals surface area (Å²) in [6, 6.07) is 0.0264. The Morgan fingerprint density at radius 2 is 1.80 bits per heavy atom. The molecule has 6 nitrogen and oxygen atoms in total. The summed E-state index contributed by atoms with van der Waals surface area (Å²) in [5, 5.41) is 2.80. The third-order valence-corrected chi connectivity index (χ3v) is 9.29.